The lowest BCUT2D eigenvalue weighted by atomic mass is 10.00. The minimum absolute atomic E-state index is 0.0271. The van der Waals surface area contributed by atoms with Crippen LogP contribution in [0.25, 0.3) is 27.4 Å². The number of benzene rings is 2. The molecule has 0 saturated heterocycles. The van der Waals surface area contributed by atoms with Crippen LogP contribution in [0.2, 0.25) is 5.02 Å². The molecule has 2 aromatic carbocycles. The minimum atomic E-state index is -0.958. The SMILES string of the molecule is [C-]#[N+]c1c(N)nc(SCc2nc(-c3ccc(Cl)cc3)oc2C)c(C#N)c1-c1ccc(OC[C@H](COC(=O)[C@H](C)N)OC(=O)[C@H](C)N)cc1. The average molecular weight is 690 g/mol. The Balaban J connectivity index is 1.54. The fraction of sp³-hybridized carbons (Fsp3) is 0.273. The number of thioether (sulfide) groups is 1. The average Bonchev–Trinajstić information content (AvgIpc) is 3.44. The van der Waals surface area contributed by atoms with Crippen molar-refractivity contribution in [2.45, 2.75) is 49.7 Å². The smallest absolute Gasteiger partial charge is 0.323 e. The molecular formula is C33H32ClN7O6S. The van der Waals surface area contributed by atoms with Crippen molar-refractivity contribution < 1.29 is 28.2 Å². The van der Waals surface area contributed by atoms with Crippen LogP contribution in [0.1, 0.15) is 30.9 Å². The number of anilines is 1. The van der Waals surface area contributed by atoms with Crippen molar-refractivity contribution in [3.8, 4) is 34.4 Å². The highest BCUT2D eigenvalue weighted by atomic mass is 35.5. The Hall–Kier alpha value is -5.12. The summed E-state index contributed by atoms with van der Waals surface area (Å²) in [7, 11) is 0. The molecule has 0 fully saturated rings. The molecule has 0 saturated carbocycles. The highest BCUT2D eigenvalue weighted by Crippen LogP contribution is 2.42. The first-order valence-corrected chi connectivity index (χ1v) is 15.9. The van der Waals surface area contributed by atoms with Crippen molar-refractivity contribution in [3.63, 3.8) is 0 Å². The monoisotopic (exact) mass is 689 g/mol. The van der Waals surface area contributed by atoms with E-state index in [1.165, 1.54) is 25.6 Å². The van der Waals surface area contributed by atoms with Gasteiger partial charge in [-0.3, -0.25) is 9.59 Å². The predicted octanol–water partition coefficient (Wildman–Crippen LogP) is 5.19. The van der Waals surface area contributed by atoms with Crippen LogP contribution in [-0.2, 0) is 24.8 Å². The third-order valence-corrected chi connectivity index (χ3v) is 7.97. The number of aromatic nitrogens is 2. The van der Waals surface area contributed by atoms with Crippen LogP contribution in [-0.4, -0.2) is 53.3 Å². The van der Waals surface area contributed by atoms with Gasteiger partial charge in [0.05, 0.1) is 17.8 Å². The van der Waals surface area contributed by atoms with E-state index in [0.29, 0.717) is 50.0 Å². The minimum Gasteiger partial charge on any atom is -0.490 e. The van der Waals surface area contributed by atoms with E-state index in [1.807, 2.05) is 12.1 Å². The summed E-state index contributed by atoms with van der Waals surface area (Å²) < 4.78 is 22.1. The van der Waals surface area contributed by atoms with E-state index in [1.54, 1.807) is 43.3 Å². The largest absolute Gasteiger partial charge is 0.490 e. The number of halogens is 1. The van der Waals surface area contributed by atoms with Crippen molar-refractivity contribution in [3.05, 3.63) is 82.0 Å². The van der Waals surface area contributed by atoms with Gasteiger partial charge in [-0.25, -0.2) is 14.8 Å². The van der Waals surface area contributed by atoms with Crippen LogP contribution in [0.15, 0.2) is 58.0 Å². The zero-order valence-electron chi connectivity index (χ0n) is 26.2. The first-order valence-electron chi connectivity index (χ1n) is 14.5. The zero-order valence-corrected chi connectivity index (χ0v) is 27.8. The van der Waals surface area contributed by atoms with Gasteiger partial charge in [-0.05, 0) is 62.7 Å². The van der Waals surface area contributed by atoms with E-state index in [0.717, 1.165) is 5.56 Å². The summed E-state index contributed by atoms with van der Waals surface area (Å²) in [6.45, 7) is 12.0. The van der Waals surface area contributed by atoms with Gasteiger partial charge in [0.1, 0.15) is 53.7 Å². The number of carbonyl (C=O) groups excluding carboxylic acids is 2. The topological polar surface area (TPSA) is 207 Å². The van der Waals surface area contributed by atoms with Gasteiger partial charge in [0.15, 0.2) is 6.10 Å². The van der Waals surface area contributed by atoms with E-state index in [2.05, 4.69) is 20.9 Å². The number of nitrogens with zero attached hydrogens (tertiary/aromatic N) is 4. The van der Waals surface area contributed by atoms with Crippen LogP contribution in [0, 0.1) is 24.8 Å². The Morgan fingerprint density at radius 3 is 2.29 bits per heavy atom. The summed E-state index contributed by atoms with van der Waals surface area (Å²) in [5, 5.41) is 11.1. The third-order valence-electron chi connectivity index (χ3n) is 6.74. The number of hydrogen-bond donors (Lipinski definition) is 3. The number of carbonyl (C=O) groups is 2. The maximum atomic E-state index is 12.1. The quantitative estimate of drug-likeness (QED) is 0.0939. The predicted molar refractivity (Wildman–Crippen MR) is 180 cm³/mol. The van der Waals surface area contributed by atoms with E-state index in [4.69, 9.17) is 54.0 Å². The molecule has 4 aromatic rings. The summed E-state index contributed by atoms with van der Waals surface area (Å²) in [4.78, 5) is 36.5. The van der Waals surface area contributed by atoms with Gasteiger partial charge < -0.3 is 35.8 Å². The van der Waals surface area contributed by atoms with Crippen LogP contribution < -0.4 is 21.9 Å². The number of oxazole rings is 1. The van der Waals surface area contributed by atoms with Gasteiger partial charge in [-0.2, -0.15) is 5.26 Å². The number of rotatable bonds is 13. The highest BCUT2D eigenvalue weighted by molar-refractivity contribution is 7.98. The van der Waals surface area contributed by atoms with Crippen molar-refractivity contribution in [1.29, 1.82) is 5.26 Å². The first kappa shape index (κ1) is 35.7. The van der Waals surface area contributed by atoms with Crippen molar-refractivity contribution in [2.24, 2.45) is 11.5 Å². The molecule has 2 heterocycles. The van der Waals surface area contributed by atoms with Crippen LogP contribution in [0.5, 0.6) is 5.75 Å². The van der Waals surface area contributed by atoms with E-state index in [9.17, 15) is 14.9 Å². The van der Waals surface area contributed by atoms with Gasteiger partial charge >= 0.3 is 11.9 Å². The number of pyridine rings is 1. The molecule has 0 spiro atoms. The molecule has 0 aliphatic rings. The molecule has 248 valence electrons. The van der Waals surface area contributed by atoms with Gasteiger partial charge in [0, 0.05) is 21.9 Å². The molecule has 0 amide bonds. The lowest BCUT2D eigenvalue weighted by Crippen LogP contribution is -2.38. The lowest BCUT2D eigenvalue weighted by molar-refractivity contribution is -0.162. The highest BCUT2D eigenvalue weighted by Gasteiger charge is 2.23. The molecule has 0 unspecified atom stereocenters. The van der Waals surface area contributed by atoms with Crippen LogP contribution in [0.4, 0.5) is 11.5 Å². The third kappa shape index (κ3) is 8.82. The number of nitrogen functional groups attached to an aromatic ring is 1. The summed E-state index contributed by atoms with van der Waals surface area (Å²) in [6.07, 6.45) is -0.958. The van der Waals surface area contributed by atoms with Gasteiger partial charge in [0.2, 0.25) is 11.6 Å². The molecule has 0 aliphatic carbocycles. The Bertz CT molecular complexity index is 1870. The Morgan fingerprint density at radius 1 is 1.04 bits per heavy atom. The number of ether oxygens (including phenoxy) is 3. The van der Waals surface area contributed by atoms with Crippen molar-refractivity contribution in [2.75, 3.05) is 18.9 Å². The summed E-state index contributed by atoms with van der Waals surface area (Å²) in [6, 6.07) is 14.1. The number of hydrogen-bond acceptors (Lipinski definition) is 13. The van der Waals surface area contributed by atoms with Gasteiger partial charge in [-0.15, -0.1) is 0 Å². The Kier molecular flexibility index (Phi) is 12.0. The molecule has 0 radical (unpaired) electrons. The molecule has 4 rings (SSSR count). The molecule has 15 heteroatoms. The molecule has 2 aromatic heterocycles. The molecule has 13 nitrogen and oxygen atoms in total. The second kappa shape index (κ2) is 16.1. The molecule has 48 heavy (non-hydrogen) atoms. The molecule has 3 atom stereocenters. The molecule has 0 aliphatic heterocycles. The van der Waals surface area contributed by atoms with E-state index >= 15 is 0 Å². The standard InChI is InChI=1S/C33H32ClN7O6S/c1-17(36)32(42)45-15-24(47-33(43)18(2)37)14-44-23-11-7-20(8-12-23)27-25(13-35)31(41-29(38)28(27)39-4)48-16-26-19(3)46-30(40-26)21-5-9-22(34)10-6-21/h5-12,17-18,24H,14-16,36-37H2,1-3H3,(H2,38,41)/t17-,18-,24+/m0/s1. The first-order chi connectivity index (χ1) is 22.9. The van der Waals surface area contributed by atoms with E-state index in [-0.39, 0.29) is 30.3 Å². The zero-order chi connectivity index (χ0) is 35.0. The number of esters is 2. The maximum absolute atomic E-state index is 12.1. The second-order valence-corrected chi connectivity index (χ2v) is 11.9. The van der Waals surface area contributed by atoms with Crippen LogP contribution >= 0.6 is 23.4 Å². The fourth-order valence-corrected chi connectivity index (χ4v) is 5.31. The molecular weight excluding hydrogens is 658 g/mol. The van der Waals surface area contributed by atoms with Crippen molar-refractivity contribution >= 4 is 46.8 Å². The summed E-state index contributed by atoms with van der Waals surface area (Å²) >= 11 is 7.24. The van der Waals surface area contributed by atoms with Crippen molar-refractivity contribution in [1.82, 2.24) is 9.97 Å². The summed E-state index contributed by atoms with van der Waals surface area (Å²) in [5.41, 5.74) is 19.8. The Morgan fingerprint density at radius 2 is 1.69 bits per heavy atom. The second-order valence-electron chi connectivity index (χ2n) is 10.5. The molecule has 0 bridgehead atoms. The van der Waals surface area contributed by atoms with Crippen LogP contribution in [0.3, 0.4) is 0 Å². The Labute approximate surface area is 286 Å². The number of nitriles is 1. The van der Waals surface area contributed by atoms with Gasteiger partial charge in [-0.1, -0.05) is 35.5 Å². The number of nitrogens with two attached hydrogens (primary N) is 3. The fourth-order valence-electron chi connectivity index (χ4n) is 4.19. The van der Waals surface area contributed by atoms with Gasteiger partial charge in [0.25, 0.3) is 0 Å². The molecule has 6 N–H and O–H groups in total. The summed E-state index contributed by atoms with van der Waals surface area (Å²) in [5.74, 6) is 0.339. The maximum Gasteiger partial charge on any atom is 0.323 e. The lowest BCUT2D eigenvalue weighted by Gasteiger charge is -2.20. The number of aryl methyl sites for hydroxylation is 1. The van der Waals surface area contributed by atoms with E-state index < -0.39 is 30.1 Å². The normalized spacial score (nSPS) is 12.7.